The van der Waals surface area contributed by atoms with Crippen molar-refractivity contribution in [3.63, 3.8) is 0 Å². The van der Waals surface area contributed by atoms with Crippen LogP contribution in [0.25, 0.3) is 11.5 Å². The smallest absolute Gasteiger partial charge is 0.260 e. The van der Waals surface area contributed by atoms with Crippen molar-refractivity contribution in [2.24, 2.45) is 5.73 Å². The zero-order valence-corrected chi connectivity index (χ0v) is 19.6. The lowest BCUT2D eigenvalue weighted by Crippen LogP contribution is -2.34. The molecule has 5 rings (SSSR count). The minimum Gasteiger partial charge on any atom is -0.354 e. The third kappa shape index (κ3) is 3.66. The summed E-state index contributed by atoms with van der Waals surface area (Å²) in [6.45, 7) is 10.2. The molecule has 1 unspecified atom stereocenters. The zero-order chi connectivity index (χ0) is 23.3. The molecule has 3 aromatic heterocycles. The van der Waals surface area contributed by atoms with Gasteiger partial charge in [-0.2, -0.15) is 0 Å². The number of pyridine rings is 2. The van der Waals surface area contributed by atoms with Gasteiger partial charge in [-0.1, -0.05) is 6.07 Å². The SMILES string of the molecule is CCn1cnnc1-c1cccc(N2Cc3c(cc(N4CCCC4C)nc3C(C)(C)N)C2=O)n1. The van der Waals surface area contributed by atoms with Crippen LogP contribution in [-0.4, -0.2) is 43.2 Å². The van der Waals surface area contributed by atoms with Gasteiger partial charge < -0.3 is 15.2 Å². The number of nitrogens with zero attached hydrogens (tertiary/aromatic N) is 7. The highest BCUT2D eigenvalue weighted by molar-refractivity contribution is 6.10. The molecule has 1 fully saturated rings. The van der Waals surface area contributed by atoms with Crippen LogP contribution in [0.5, 0.6) is 0 Å². The Morgan fingerprint density at radius 2 is 2.03 bits per heavy atom. The van der Waals surface area contributed by atoms with Crippen molar-refractivity contribution >= 4 is 17.5 Å². The molecule has 5 heterocycles. The van der Waals surface area contributed by atoms with Gasteiger partial charge in [-0.15, -0.1) is 10.2 Å². The molecular formula is C24H30N8O. The Labute approximate surface area is 193 Å². The van der Waals surface area contributed by atoms with E-state index < -0.39 is 5.54 Å². The van der Waals surface area contributed by atoms with E-state index in [2.05, 4.69) is 22.0 Å². The number of carbonyl (C=O) groups excluding carboxylic acids is 1. The molecule has 1 saturated heterocycles. The molecule has 0 bridgehead atoms. The first-order valence-electron chi connectivity index (χ1n) is 11.5. The molecule has 33 heavy (non-hydrogen) atoms. The van der Waals surface area contributed by atoms with Crippen molar-refractivity contribution in [3.8, 4) is 11.5 Å². The highest BCUT2D eigenvalue weighted by Crippen LogP contribution is 2.36. The molecule has 9 heteroatoms. The number of rotatable bonds is 5. The van der Waals surface area contributed by atoms with Crippen molar-refractivity contribution in [1.29, 1.82) is 0 Å². The van der Waals surface area contributed by atoms with Gasteiger partial charge in [0.05, 0.1) is 23.3 Å². The molecule has 0 aromatic carbocycles. The number of aromatic nitrogens is 5. The van der Waals surface area contributed by atoms with Crippen LogP contribution in [0, 0.1) is 0 Å². The predicted molar refractivity (Wildman–Crippen MR) is 127 cm³/mol. The summed E-state index contributed by atoms with van der Waals surface area (Å²) >= 11 is 0. The van der Waals surface area contributed by atoms with Gasteiger partial charge in [0, 0.05) is 24.7 Å². The van der Waals surface area contributed by atoms with Crippen molar-refractivity contribution in [2.75, 3.05) is 16.3 Å². The van der Waals surface area contributed by atoms with Gasteiger partial charge >= 0.3 is 0 Å². The molecule has 0 spiro atoms. The summed E-state index contributed by atoms with van der Waals surface area (Å²) in [5.41, 5.74) is 8.86. The second kappa shape index (κ2) is 7.91. The summed E-state index contributed by atoms with van der Waals surface area (Å²) in [5, 5.41) is 8.21. The lowest BCUT2D eigenvalue weighted by molar-refractivity contribution is 0.0996. The fraction of sp³-hybridized carbons (Fsp3) is 0.458. The van der Waals surface area contributed by atoms with Gasteiger partial charge in [-0.25, -0.2) is 9.97 Å². The summed E-state index contributed by atoms with van der Waals surface area (Å²) < 4.78 is 1.93. The van der Waals surface area contributed by atoms with Crippen molar-refractivity contribution in [3.05, 3.63) is 47.4 Å². The quantitative estimate of drug-likeness (QED) is 0.642. The molecule has 2 aliphatic heterocycles. The van der Waals surface area contributed by atoms with Gasteiger partial charge in [-0.3, -0.25) is 9.69 Å². The van der Waals surface area contributed by atoms with E-state index in [1.54, 1.807) is 11.2 Å². The van der Waals surface area contributed by atoms with E-state index >= 15 is 0 Å². The van der Waals surface area contributed by atoms with Crippen LogP contribution in [-0.2, 0) is 18.6 Å². The van der Waals surface area contributed by atoms with Crippen LogP contribution < -0.4 is 15.5 Å². The van der Waals surface area contributed by atoms with Crippen LogP contribution >= 0.6 is 0 Å². The van der Waals surface area contributed by atoms with Gasteiger partial charge in [-0.05, 0) is 58.7 Å². The number of hydrogen-bond acceptors (Lipinski definition) is 7. The third-order valence-corrected chi connectivity index (χ3v) is 6.56. The van der Waals surface area contributed by atoms with Crippen LogP contribution in [0.4, 0.5) is 11.6 Å². The Hall–Kier alpha value is -3.33. The molecule has 2 aliphatic rings. The monoisotopic (exact) mass is 446 g/mol. The normalized spacial score (nSPS) is 18.3. The van der Waals surface area contributed by atoms with E-state index in [1.807, 2.05) is 49.6 Å². The minimum absolute atomic E-state index is 0.0763. The zero-order valence-electron chi connectivity index (χ0n) is 19.6. The van der Waals surface area contributed by atoms with Crippen LogP contribution in [0.3, 0.4) is 0 Å². The molecule has 0 saturated carbocycles. The van der Waals surface area contributed by atoms with Crippen LogP contribution in [0.1, 0.15) is 62.2 Å². The second-order valence-electron chi connectivity index (χ2n) is 9.47. The maximum absolute atomic E-state index is 13.6. The van der Waals surface area contributed by atoms with E-state index in [9.17, 15) is 4.79 Å². The van der Waals surface area contributed by atoms with E-state index in [4.69, 9.17) is 15.7 Å². The number of hydrogen-bond donors (Lipinski definition) is 1. The van der Waals surface area contributed by atoms with Gasteiger partial charge in [0.2, 0.25) is 0 Å². The van der Waals surface area contributed by atoms with E-state index in [1.165, 1.54) is 0 Å². The van der Waals surface area contributed by atoms with E-state index in [0.29, 0.717) is 35.5 Å². The summed E-state index contributed by atoms with van der Waals surface area (Å²) in [5.74, 6) is 2.02. The molecule has 0 aliphatic carbocycles. The molecular weight excluding hydrogens is 416 g/mol. The fourth-order valence-corrected chi connectivity index (χ4v) is 4.81. The standard InChI is InChI=1S/C24H30N8O/c1-5-30-14-26-29-22(30)18-9-6-10-19(27-18)32-13-17-16(23(32)33)12-20(28-21(17)24(3,4)25)31-11-7-8-15(31)2/h6,9-10,12,14-15H,5,7-8,11,13,25H2,1-4H3. The average Bonchev–Trinajstić information content (AvgIpc) is 3.51. The molecule has 9 nitrogen and oxygen atoms in total. The number of carbonyl (C=O) groups is 1. The number of fused-ring (bicyclic) bond motifs is 1. The Morgan fingerprint density at radius 3 is 2.73 bits per heavy atom. The van der Waals surface area contributed by atoms with Crippen molar-refractivity contribution in [2.45, 2.75) is 65.2 Å². The van der Waals surface area contributed by atoms with E-state index in [0.717, 1.165) is 43.0 Å². The third-order valence-electron chi connectivity index (χ3n) is 6.56. The fourth-order valence-electron chi connectivity index (χ4n) is 4.81. The molecule has 2 N–H and O–H groups in total. The lowest BCUT2D eigenvalue weighted by atomic mass is 9.94. The van der Waals surface area contributed by atoms with Crippen molar-refractivity contribution < 1.29 is 4.79 Å². The first-order valence-corrected chi connectivity index (χ1v) is 11.5. The Balaban J connectivity index is 1.56. The summed E-state index contributed by atoms with van der Waals surface area (Å²) in [6.07, 6.45) is 3.93. The molecule has 172 valence electrons. The van der Waals surface area contributed by atoms with Crippen LogP contribution in [0.2, 0.25) is 0 Å². The van der Waals surface area contributed by atoms with Crippen LogP contribution in [0.15, 0.2) is 30.6 Å². The number of anilines is 2. The maximum Gasteiger partial charge on any atom is 0.260 e. The highest BCUT2D eigenvalue weighted by atomic mass is 16.2. The Kier molecular flexibility index (Phi) is 5.16. The number of aryl methyl sites for hydroxylation is 1. The minimum atomic E-state index is -0.674. The molecule has 1 atom stereocenters. The number of amides is 1. The lowest BCUT2D eigenvalue weighted by Gasteiger charge is -2.27. The Bertz CT molecular complexity index is 1210. The van der Waals surface area contributed by atoms with Gasteiger partial charge in [0.1, 0.15) is 23.7 Å². The average molecular weight is 447 g/mol. The molecule has 3 aromatic rings. The summed E-state index contributed by atoms with van der Waals surface area (Å²) in [7, 11) is 0. The maximum atomic E-state index is 13.6. The predicted octanol–water partition coefficient (Wildman–Crippen LogP) is 3.10. The first kappa shape index (κ1) is 21.5. The van der Waals surface area contributed by atoms with Gasteiger partial charge in [0.25, 0.3) is 5.91 Å². The molecule has 0 radical (unpaired) electrons. The van der Waals surface area contributed by atoms with Gasteiger partial charge in [0.15, 0.2) is 5.82 Å². The first-order chi connectivity index (χ1) is 15.8. The summed E-state index contributed by atoms with van der Waals surface area (Å²) in [6, 6.07) is 7.96. The van der Waals surface area contributed by atoms with Crippen molar-refractivity contribution in [1.82, 2.24) is 24.7 Å². The molecule has 1 amide bonds. The van der Waals surface area contributed by atoms with E-state index in [-0.39, 0.29) is 5.91 Å². The number of nitrogens with two attached hydrogens (primary N) is 1. The highest BCUT2D eigenvalue weighted by Gasteiger charge is 2.37. The largest absolute Gasteiger partial charge is 0.354 e. The summed E-state index contributed by atoms with van der Waals surface area (Å²) in [4.78, 5) is 27.3. The second-order valence-corrected chi connectivity index (χ2v) is 9.47. The Morgan fingerprint density at radius 1 is 1.21 bits per heavy atom. The topological polar surface area (TPSA) is 106 Å².